The molecule has 0 spiro atoms. The molecule has 5 nitrogen and oxygen atoms in total. The molecule has 0 saturated carbocycles. The van der Waals surface area contributed by atoms with E-state index in [1.165, 1.54) is 11.1 Å². The summed E-state index contributed by atoms with van der Waals surface area (Å²) < 4.78 is 0. The quantitative estimate of drug-likeness (QED) is 0.594. The number of aryl methyl sites for hydroxylation is 1. The predicted octanol–water partition coefficient (Wildman–Crippen LogP) is 3.94. The predicted molar refractivity (Wildman–Crippen MR) is 106 cm³/mol. The number of nitrogens with one attached hydrogen (secondary N) is 1. The molecule has 0 saturated heterocycles. The second-order valence-corrected chi connectivity index (χ2v) is 6.16. The van der Waals surface area contributed by atoms with E-state index in [9.17, 15) is 0 Å². The van der Waals surface area contributed by atoms with Gasteiger partial charge in [-0.1, -0.05) is 60.7 Å². The van der Waals surface area contributed by atoms with Crippen LogP contribution >= 0.6 is 0 Å². The second kappa shape index (κ2) is 9.51. The van der Waals surface area contributed by atoms with Crippen LogP contribution in [0.2, 0.25) is 0 Å². The highest BCUT2D eigenvalue weighted by atomic mass is 15.3. The minimum absolute atomic E-state index is 0.657. The zero-order chi connectivity index (χ0) is 18.0. The van der Waals surface area contributed by atoms with Gasteiger partial charge in [-0.3, -0.25) is 0 Å². The van der Waals surface area contributed by atoms with Crippen LogP contribution in [0, 0.1) is 0 Å². The first-order chi connectivity index (χ1) is 12.8. The second-order valence-electron chi connectivity index (χ2n) is 6.16. The highest BCUT2D eigenvalue weighted by Gasteiger charge is 2.10. The van der Waals surface area contributed by atoms with E-state index in [0.29, 0.717) is 5.95 Å². The van der Waals surface area contributed by atoms with Crippen molar-refractivity contribution < 1.29 is 0 Å². The van der Waals surface area contributed by atoms with Gasteiger partial charge in [0, 0.05) is 19.6 Å². The van der Waals surface area contributed by atoms with E-state index >= 15 is 0 Å². The topological polar surface area (TPSA) is 53.9 Å². The molecular weight excluding hydrogens is 322 g/mol. The smallest absolute Gasteiger partial charge is 0.247 e. The maximum Gasteiger partial charge on any atom is 0.247 e. The van der Waals surface area contributed by atoms with Crippen LogP contribution < -0.4 is 10.2 Å². The molecule has 3 rings (SSSR count). The third kappa shape index (κ3) is 5.28. The summed E-state index contributed by atoms with van der Waals surface area (Å²) >= 11 is 0. The van der Waals surface area contributed by atoms with Crippen LogP contribution in [0.5, 0.6) is 0 Å². The molecular formula is C21H25N5. The normalized spacial score (nSPS) is 10.5. The van der Waals surface area contributed by atoms with Crippen LogP contribution in [0.1, 0.15) is 24.5 Å². The van der Waals surface area contributed by atoms with Crippen molar-refractivity contribution in [2.24, 2.45) is 0 Å². The Bertz CT molecular complexity index is 777. The number of nitrogens with zero attached hydrogens (tertiary/aromatic N) is 4. The van der Waals surface area contributed by atoms with Crippen molar-refractivity contribution >= 4 is 11.8 Å². The molecule has 1 heterocycles. The maximum absolute atomic E-state index is 4.63. The largest absolute Gasteiger partial charge is 0.369 e. The molecule has 0 bridgehead atoms. The fraction of sp³-hybridized carbons (Fsp3) is 0.286. The maximum atomic E-state index is 4.63. The highest BCUT2D eigenvalue weighted by Crippen LogP contribution is 2.13. The minimum Gasteiger partial charge on any atom is -0.369 e. The van der Waals surface area contributed by atoms with Gasteiger partial charge in [-0.25, -0.2) is 0 Å². The van der Waals surface area contributed by atoms with Crippen LogP contribution in [0.3, 0.4) is 0 Å². The molecule has 0 aliphatic carbocycles. The van der Waals surface area contributed by atoms with Gasteiger partial charge in [0.15, 0.2) is 5.82 Å². The Hall–Kier alpha value is -2.95. The van der Waals surface area contributed by atoms with Crippen molar-refractivity contribution in [2.75, 3.05) is 23.3 Å². The highest BCUT2D eigenvalue weighted by molar-refractivity contribution is 5.39. The van der Waals surface area contributed by atoms with E-state index in [-0.39, 0.29) is 0 Å². The molecule has 1 aromatic heterocycles. The molecule has 134 valence electrons. The Kier molecular flexibility index (Phi) is 6.53. The van der Waals surface area contributed by atoms with Gasteiger partial charge in [-0.2, -0.15) is 10.1 Å². The van der Waals surface area contributed by atoms with E-state index in [1.54, 1.807) is 6.20 Å². The van der Waals surface area contributed by atoms with Crippen LogP contribution in [0.25, 0.3) is 0 Å². The first-order valence-electron chi connectivity index (χ1n) is 9.11. The van der Waals surface area contributed by atoms with Crippen LogP contribution in [-0.4, -0.2) is 28.3 Å². The standard InChI is InChI=1S/C21H25N5/c1-2-26(17-19-12-7-4-8-13-19)21-24-20(16-23-25-21)22-15-9-14-18-10-5-3-6-11-18/h3-8,10-13,16H,2,9,14-15,17H2,1H3,(H,22,24,25). The van der Waals surface area contributed by atoms with Crippen LogP contribution in [-0.2, 0) is 13.0 Å². The van der Waals surface area contributed by atoms with Gasteiger partial charge >= 0.3 is 0 Å². The molecule has 0 radical (unpaired) electrons. The molecule has 5 heteroatoms. The molecule has 0 aliphatic rings. The number of anilines is 2. The fourth-order valence-electron chi connectivity index (χ4n) is 2.79. The molecule has 1 N–H and O–H groups in total. The summed E-state index contributed by atoms with van der Waals surface area (Å²) in [5.41, 5.74) is 2.59. The SMILES string of the molecule is CCN(Cc1ccccc1)c1nncc(NCCCc2ccccc2)n1. The van der Waals surface area contributed by atoms with Crippen molar-refractivity contribution in [1.82, 2.24) is 15.2 Å². The average molecular weight is 347 g/mol. The lowest BCUT2D eigenvalue weighted by Crippen LogP contribution is -2.25. The van der Waals surface area contributed by atoms with E-state index in [4.69, 9.17) is 0 Å². The van der Waals surface area contributed by atoms with Crippen molar-refractivity contribution in [3.05, 3.63) is 78.0 Å². The summed E-state index contributed by atoms with van der Waals surface area (Å²) in [5.74, 6) is 1.43. The summed E-state index contributed by atoms with van der Waals surface area (Å²) in [6.45, 7) is 4.56. The Morgan fingerprint density at radius 1 is 0.923 bits per heavy atom. The van der Waals surface area contributed by atoms with Crippen molar-refractivity contribution in [2.45, 2.75) is 26.3 Å². The molecule has 0 aliphatic heterocycles. The van der Waals surface area contributed by atoms with Gasteiger partial charge in [0.05, 0.1) is 6.20 Å². The van der Waals surface area contributed by atoms with Gasteiger partial charge in [-0.15, -0.1) is 5.10 Å². The number of hydrogen-bond acceptors (Lipinski definition) is 5. The number of benzene rings is 2. The number of hydrogen-bond donors (Lipinski definition) is 1. The summed E-state index contributed by atoms with van der Waals surface area (Å²) in [7, 11) is 0. The van der Waals surface area contributed by atoms with Gasteiger partial charge in [0.1, 0.15) is 0 Å². The van der Waals surface area contributed by atoms with E-state index in [2.05, 4.69) is 68.7 Å². The molecule has 0 unspecified atom stereocenters. The lowest BCUT2D eigenvalue weighted by Gasteiger charge is -2.20. The molecule has 2 aromatic carbocycles. The summed E-state index contributed by atoms with van der Waals surface area (Å²) in [6, 6.07) is 20.9. The lowest BCUT2D eigenvalue weighted by atomic mass is 10.1. The average Bonchev–Trinajstić information content (AvgIpc) is 2.71. The molecule has 0 fully saturated rings. The van der Waals surface area contributed by atoms with E-state index < -0.39 is 0 Å². The number of rotatable bonds is 9. The first kappa shape index (κ1) is 17.9. The van der Waals surface area contributed by atoms with Crippen LogP contribution in [0.15, 0.2) is 66.9 Å². The molecule has 3 aromatic rings. The Balaban J connectivity index is 1.54. The Labute approximate surface area is 155 Å². The zero-order valence-electron chi connectivity index (χ0n) is 15.2. The van der Waals surface area contributed by atoms with E-state index in [0.717, 1.165) is 38.3 Å². The van der Waals surface area contributed by atoms with E-state index in [1.807, 2.05) is 24.3 Å². The van der Waals surface area contributed by atoms with Crippen molar-refractivity contribution in [3.8, 4) is 0 Å². The monoisotopic (exact) mass is 347 g/mol. The van der Waals surface area contributed by atoms with Gasteiger partial charge < -0.3 is 10.2 Å². The third-order valence-electron chi connectivity index (χ3n) is 4.22. The summed E-state index contributed by atoms with van der Waals surface area (Å²) in [6.07, 6.45) is 3.78. The molecule has 0 atom stereocenters. The minimum atomic E-state index is 0.657. The number of aromatic nitrogens is 3. The lowest BCUT2D eigenvalue weighted by molar-refractivity contribution is 0.767. The summed E-state index contributed by atoms with van der Waals surface area (Å²) in [4.78, 5) is 6.75. The van der Waals surface area contributed by atoms with Crippen molar-refractivity contribution in [1.29, 1.82) is 0 Å². The van der Waals surface area contributed by atoms with Gasteiger partial charge in [-0.05, 0) is 30.9 Å². The van der Waals surface area contributed by atoms with Gasteiger partial charge in [0.25, 0.3) is 0 Å². The van der Waals surface area contributed by atoms with Crippen molar-refractivity contribution in [3.63, 3.8) is 0 Å². The first-order valence-corrected chi connectivity index (χ1v) is 9.11. The van der Waals surface area contributed by atoms with Crippen LogP contribution in [0.4, 0.5) is 11.8 Å². The molecule has 0 amide bonds. The van der Waals surface area contributed by atoms with Gasteiger partial charge in [0.2, 0.25) is 5.95 Å². The Morgan fingerprint density at radius 3 is 2.31 bits per heavy atom. The zero-order valence-corrected chi connectivity index (χ0v) is 15.2. The summed E-state index contributed by atoms with van der Waals surface area (Å²) in [5, 5.41) is 11.7. The Morgan fingerprint density at radius 2 is 1.62 bits per heavy atom. The fourth-order valence-corrected chi connectivity index (χ4v) is 2.79. The third-order valence-corrected chi connectivity index (χ3v) is 4.22. The molecule has 26 heavy (non-hydrogen) atoms.